The average molecular weight is 278 g/mol. The van der Waals surface area contributed by atoms with Crippen LogP contribution in [0.5, 0.6) is 5.75 Å². The first kappa shape index (κ1) is 13.5. The van der Waals surface area contributed by atoms with Crippen LogP contribution in [0.3, 0.4) is 0 Å². The van der Waals surface area contributed by atoms with Crippen LogP contribution < -0.4 is 4.74 Å². The van der Waals surface area contributed by atoms with Gasteiger partial charge in [-0.3, -0.25) is 9.36 Å². The third-order valence-electron chi connectivity index (χ3n) is 2.59. The van der Waals surface area contributed by atoms with Crippen molar-refractivity contribution in [3.05, 3.63) is 36.2 Å². The largest absolute Gasteiger partial charge is 0.496 e. The smallest absolute Gasteiger partial charge is 0.313 e. The molecule has 1 aromatic carbocycles. The maximum atomic E-state index is 10.6. The summed E-state index contributed by atoms with van der Waals surface area (Å²) in [5.41, 5.74) is 1.95. The molecular weight excluding hydrogens is 264 g/mol. The second-order valence-corrected chi connectivity index (χ2v) is 4.86. The van der Waals surface area contributed by atoms with Gasteiger partial charge in [0.15, 0.2) is 5.16 Å². The average Bonchev–Trinajstić information content (AvgIpc) is 2.84. The van der Waals surface area contributed by atoms with Gasteiger partial charge in [-0.2, -0.15) is 0 Å². The van der Waals surface area contributed by atoms with E-state index in [4.69, 9.17) is 9.84 Å². The van der Waals surface area contributed by atoms with E-state index in [1.165, 1.54) is 11.8 Å². The normalized spacial score (nSPS) is 10.4. The van der Waals surface area contributed by atoms with E-state index in [-0.39, 0.29) is 5.75 Å². The predicted octanol–water partition coefficient (Wildman–Crippen LogP) is 2.37. The van der Waals surface area contributed by atoms with E-state index >= 15 is 0 Å². The summed E-state index contributed by atoms with van der Waals surface area (Å²) in [5, 5.41) is 9.37. The van der Waals surface area contributed by atoms with Crippen molar-refractivity contribution in [3.63, 3.8) is 0 Å². The Kier molecular flexibility index (Phi) is 4.11. The highest BCUT2D eigenvalue weighted by atomic mass is 32.2. The molecule has 0 bridgehead atoms. The molecule has 0 aliphatic rings. The van der Waals surface area contributed by atoms with Gasteiger partial charge in [0, 0.05) is 18.1 Å². The Balaban J connectivity index is 2.29. The van der Waals surface area contributed by atoms with Gasteiger partial charge in [-0.05, 0) is 30.7 Å². The van der Waals surface area contributed by atoms with Gasteiger partial charge in [0.05, 0.1) is 12.9 Å². The Morgan fingerprint density at radius 2 is 2.32 bits per heavy atom. The Bertz CT molecular complexity index is 595. The van der Waals surface area contributed by atoms with E-state index in [1.54, 1.807) is 13.3 Å². The molecule has 0 fully saturated rings. The molecule has 0 amide bonds. The van der Waals surface area contributed by atoms with Crippen molar-refractivity contribution in [2.75, 3.05) is 12.9 Å². The van der Waals surface area contributed by atoms with Gasteiger partial charge < -0.3 is 9.84 Å². The minimum absolute atomic E-state index is 0.00779. The third kappa shape index (κ3) is 3.08. The fraction of sp³-hybridized carbons (Fsp3) is 0.231. The molecule has 5 nitrogen and oxygen atoms in total. The summed E-state index contributed by atoms with van der Waals surface area (Å²) < 4.78 is 7.08. The van der Waals surface area contributed by atoms with Crippen LogP contribution in [0, 0.1) is 6.92 Å². The fourth-order valence-electron chi connectivity index (χ4n) is 1.73. The van der Waals surface area contributed by atoms with E-state index in [9.17, 15) is 4.79 Å². The standard InChI is InChI=1S/C13H14N2O3S/c1-9-7-10(3-4-11(9)18-2)15-6-5-14-13(15)19-8-12(16)17/h3-7H,8H2,1-2H3,(H,16,17). The molecule has 100 valence electrons. The summed E-state index contributed by atoms with van der Waals surface area (Å²) in [7, 11) is 1.63. The number of thioether (sulfide) groups is 1. The number of ether oxygens (including phenoxy) is 1. The zero-order valence-corrected chi connectivity index (χ0v) is 11.5. The molecule has 0 spiro atoms. The molecule has 1 N–H and O–H groups in total. The quantitative estimate of drug-likeness (QED) is 0.851. The first-order valence-corrected chi connectivity index (χ1v) is 6.63. The van der Waals surface area contributed by atoms with Gasteiger partial charge >= 0.3 is 5.97 Å². The number of methoxy groups -OCH3 is 1. The van der Waals surface area contributed by atoms with Crippen molar-refractivity contribution in [1.29, 1.82) is 0 Å². The minimum Gasteiger partial charge on any atom is -0.496 e. The predicted molar refractivity (Wildman–Crippen MR) is 73.2 cm³/mol. The van der Waals surface area contributed by atoms with Gasteiger partial charge in [0.2, 0.25) is 0 Å². The number of benzene rings is 1. The fourth-order valence-corrected chi connectivity index (χ4v) is 2.43. The Morgan fingerprint density at radius 1 is 1.53 bits per heavy atom. The summed E-state index contributed by atoms with van der Waals surface area (Å²) in [6.45, 7) is 1.96. The SMILES string of the molecule is COc1ccc(-n2ccnc2SCC(=O)O)cc1C. The van der Waals surface area contributed by atoms with Gasteiger partial charge in [-0.25, -0.2) is 4.98 Å². The molecule has 0 saturated heterocycles. The third-order valence-corrected chi connectivity index (χ3v) is 3.54. The lowest BCUT2D eigenvalue weighted by Crippen LogP contribution is -2.01. The number of hydrogen-bond acceptors (Lipinski definition) is 4. The van der Waals surface area contributed by atoms with Crippen LogP contribution in [0.25, 0.3) is 5.69 Å². The Morgan fingerprint density at radius 3 is 2.95 bits per heavy atom. The number of hydrogen-bond donors (Lipinski definition) is 1. The topological polar surface area (TPSA) is 64.4 Å². The van der Waals surface area contributed by atoms with E-state index < -0.39 is 5.97 Å². The molecular formula is C13H14N2O3S. The molecule has 2 rings (SSSR count). The van der Waals surface area contributed by atoms with Crippen LogP contribution in [0.4, 0.5) is 0 Å². The monoisotopic (exact) mass is 278 g/mol. The summed E-state index contributed by atoms with van der Waals surface area (Å²) in [6.07, 6.45) is 3.47. The maximum Gasteiger partial charge on any atom is 0.313 e. The van der Waals surface area contributed by atoms with E-state index in [0.29, 0.717) is 5.16 Å². The second kappa shape index (κ2) is 5.79. The second-order valence-electron chi connectivity index (χ2n) is 3.92. The van der Waals surface area contributed by atoms with Crippen LogP contribution >= 0.6 is 11.8 Å². The molecule has 2 aromatic rings. The van der Waals surface area contributed by atoms with Crippen molar-refractivity contribution in [3.8, 4) is 11.4 Å². The van der Waals surface area contributed by atoms with Crippen molar-refractivity contribution in [1.82, 2.24) is 9.55 Å². The number of aliphatic carboxylic acids is 1. The first-order chi connectivity index (χ1) is 9.11. The van der Waals surface area contributed by atoms with Crippen LogP contribution in [-0.4, -0.2) is 33.5 Å². The molecule has 0 unspecified atom stereocenters. The van der Waals surface area contributed by atoms with Gasteiger partial charge in [-0.15, -0.1) is 0 Å². The highest BCUT2D eigenvalue weighted by molar-refractivity contribution is 7.99. The van der Waals surface area contributed by atoms with E-state index in [2.05, 4.69) is 4.98 Å². The first-order valence-electron chi connectivity index (χ1n) is 5.65. The van der Waals surface area contributed by atoms with E-state index in [0.717, 1.165) is 17.0 Å². The molecule has 1 aromatic heterocycles. The summed E-state index contributed by atoms with van der Waals surface area (Å²) in [5.74, 6) is -0.0411. The number of rotatable bonds is 5. The van der Waals surface area contributed by atoms with Gasteiger partial charge in [-0.1, -0.05) is 11.8 Å². The molecule has 1 heterocycles. The number of carbonyl (C=O) groups is 1. The summed E-state index contributed by atoms with van der Waals surface area (Å²) in [4.78, 5) is 14.8. The number of aromatic nitrogens is 2. The lowest BCUT2D eigenvalue weighted by atomic mass is 10.2. The number of carboxylic acids is 1. The van der Waals surface area contributed by atoms with Crippen LogP contribution in [0.2, 0.25) is 0 Å². The van der Waals surface area contributed by atoms with Gasteiger partial charge in [0.25, 0.3) is 0 Å². The molecule has 0 saturated carbocycles. The Labute approximate surface area is 115 Å². The number of carboxylic acid groups (broad SMARTS) is 1. The number of imidazole rings is 1. The molecule has 0 aliphatic heterocycles. The summed E-state index contributed by atoms with van der Waals surface area (Å²) in [6, 6.07) is 5.78. The maximum absolute atomic E-state index is 10.6. The molecule has 0 radical (unpaired) electrons. The lowest BCUT2D eigenvalue weighted by Gasteiger charge is -2.10. The summed E-state index contributed by atoms with van der Waals surface area (Å²) >= 11 is 1.19. The van der Waals surface area contributed by atoms with Crippen LogP contribution in [0.15, 0.2) is 35.7 Å². The van der Waals surface area contributed by atoms with Crippen LogP contribution in [0.1, 0.15) is 5.56 Å². The zero-order chi connectivity index (χ0) is 13.8. The molecule has 6 heteroatoms. The Hall–Kier alpha value is -1.95. The zero-order valence-electron chi connectivity index (χ0n) is 10.7. The van der Waals surface area contributed by atoms with Crippen LogP contribution in [-0.2, 0) is 4.79 Å². The highest BCUT2D eigenvalue weighted by Crippen LogP contribution is 2.24. The van der Waals surface area contributed by atoms with Crippen molar-refractivity contribution < 1.29 is 14.6 Å². The lowest BCUT2D eigenvalue weighted by molar-refractivity contribution is -0.133. The number of aryl methyl sites for hydroxylation is 1. The minimum atomic E-state index is -0.856. The molecule has 0 atom stereocenters. The molecule has 0 aliphatic carbocycles. The van der Waals surface area contributed by atoms with Crippen molar-refractivity contribution >= 4 is 17.7 Å². The van der Waals surface area contributed by atoms with Crippen molar-refractivity contribution in [2.24, 2.45) is 0 Å². The van der Waals surface area contributed by atoms with Crippen molar-refractivity contribution in [2.45, 2.75) is 12.1 Å². The van der Waals surface area contributed by atoms with E-state index in [1.807, 2.05) is 35.9 Å². The molecule has 19 heavy (non-hydrogen) atoms. The number of nitrogens with zero attached hydrogens (tertiary/aromatic N) is 2. The highest BCUT2D eigenvalue weighted by Gasteiger charge is 2.09. The van der Waals surface area contributed by atoms with Gasteiger partial charge in [0.1, 0.15) is 5.75 Å².